The summed E-state index contributed by atoms with van der Waals surface area (Å²) in [5.74, 6) is 0.794. The fourth-order valence-corrected chi connectivity index (χ4v) is 3.39. The molecule has 1 heterocycles. The van der Waals surface area contributed by atoms with Crippen LogP contribution >= 0.6 is 0 Å². The molecule has 114 valence electrons. The molecule has 1 aliphatic heterocycles. The van der Waals surface area contributed by atoms with E-state index in [0.29, 0.717) is 6.10 Å². The molecule has 0 amide bonds. The number of benzene rings is 2. The van der Waals surface area contributed by atoms with Crippen molar-refractivity contribution in [3.63, 3.8) is 0 Å². The first-order chi connectivity index (χ1) is 10.8. The van der Waals surface area contributed by atoms with Gasteiger partial charge in [0, 0.05) is 24.3 Å². The van der Waals surface area contributed by atoms with Gasteiger partial charge in [0.25, 0.3) is 0 Å². The average molecular weight is 293 g/mol. The average Bonchev–Trinajstić information content (AvgIpc) is 3.36. The van der Waals surface area contributed by atoms with Crippen LogP contribution in [0.1, 0.15) is 36.8 Å². The third-order valence-electron chi connectivity index (χ3n) is 4.74. The molecule has 1 fully saturated rings. The Labute approximate surface area is 132 Å². The zero-order chi connectivity index (χ0) is 14.9. The zero-order valence-electron chi connectivity index (χ0n) is 13.2. The van der Waals surface area contributed by atoms with Crippen LogP contribution in [0.5, 0.6) is 0 Å². The smallest absolute Gasteiger partial charge is 0.0649 e. The maximum Gasteiger partial charge on any atom is 0.0649 e. The summed E-state index contributed by atoms with van der Waals surface area (Å²) in [6, 6.07) is 17.8. The lowest BCUT2D eigenvalue weighted by Gasteiger charge is -2.31. The molecule has 2 aliphatic rings. The second-order valence-electron chi connectivity index (χ2n) is 6.54. The molecule has 2 nitrogen and oxygen atoms in total. The first kappa shape index (κ1) is 13.8. The van der Waals surface area contributed by atoms with Crippen molar-refractivity contribution in [3.8, 4) is 0 Å². The normalized spacial score (nSPS) is 21.9. The zero-order valence-corrected chi connectivity index (χ0v) is 13.2. The lowest BCUT2D eigenvalue weighted by molar-refractivity contribution is 0.0703. The lowest BCUT2D eigenvalue weighted by Crippen LogP contribution is -2.29. The summed E-state index contributed by atoms with van der Waals surface area (Å²) >= 11 is 0. The summed E-state index contributed by atoms with van der Waals surface area (Å²) < 4.78 is 5.94. The molecule has 0 N–H and O–H groups in total. The highest BCUT2D eigenvalue weighted by Crippen LogP contribution is 2.43. The summed E-state index contributed by atoms with van der Waals surface area (Å²) in [6.45, 7) is 3.87. The van der Waals surface area contributed by atoms with E-state index in [4.69, 9.17) is 4.74 Å². The Morgan fingerprint density at radius 1 is 1.05 bits per heavy atom. The number of hydrogen-bond acceptors (Lipinski definition) is 2. The molecule has 0 bridgehead atoms. The van der Waals surface area contributed by atoms with Crippen LogP contribution in [0.2, 0.25) is 0 Å². The number of hydrogen-bond donors (Lipinski definition) is 0. The van der Waals surface area contributed by atoms with E-state index in [9.17, 15) is 0 Å². The molecule has 2 aromatic carbocycles. The molecule has 0 saturated heterocycles. The summed E-state index contributed by atoms with van der Waals surface area (Å²) in [5, 5.41) is 0. The van der Waals surface area contributed by atoms with Gasteiger partial charge in [0.15, 0.2) is 0 Å². The maximum atomic E-state index is 5.94. The van der Waals surface area contributed by atoms with Gasteiger partial charge in [-0.3, -0.25) is 0 Å². The van der Waals surface area contributed by atoms with Gasteiger partial charge in [-0.05, 0) is 55.0 Å². The first-order valence-electron chi connectivity index (χ1n) is 8.38. The standard InChI is InChI=1S/C20H23NO/c1-15-13-18-10-9-17(16-7-8-16)14-20(18)21(11-12-22-15)19-5-3-2-4-6-19/h2-6,9-10,14-16H,7-8,11-13H2,1H3. The number of nitrogens with zero attached hydrogens (tertiary/aromatic N) is 1. The fraction of sp³-hybridized carbons (Fsp3) is 0.400. The fourth-order valence-electron chi connectivity index (χ4n) is 3.39. The number of rotatable bonds is 2. The van der Waals surface area contributed by atoms with Crippen molar-refractivity contribution < 1.29 is 4.74 Å². The number of ether oxygens (including phenoxy) is 1. The minimum atomic E-state index is 0.295. The van der Waals surface area contributed by atoms with Crippen molar-refractivity contribution >= 4 is 11.4 Å². The first-order valence-corrected chi connectivity index (χ1v) is 8.38. The SMILES string of the molecule is CC1Cc2ccc(C3CC3)cc2N(c2ccccc2)CCO1. The van der Waals surface area contributed by atoms with Gasteiger partial charge in [0.05, 0.1) is 12.7 Å². The van der Waals surface area contributed by atoms with Crippen LogP contribution in [0.3, 0.4) is 0 Å². The highest BCUT2D eigenvalue weighted by Gasteiger charge is 2.26. The Balaban J connectivity index is 1.79. The van der Waals surface area contributed by atoms with Crippen molar-refractivity contribution in [2.75, 3.05) is 18.1 Å². The highest BCUT2D eigenvalue weighted by molar-refractivity contribution is 5.68. The minimum Gasteiger partial charge on any atom is -0.376 e. The molecular formula is C20H23NO. The van der Waals surface area contributed by atoms with Crippen LogP contribution in [-0.4, -0.2) is 19.3 Å². The van der Waals surface area contributed by atoms with Gasteiger partial charge in [-0.2, -0.15) is 0 Å². The van der Waals surface area contributed by atoms with E-state index in [0.717, 1.165) is 25.5 Å². The van der Waals surface area contributed by atoms with Gasteiger partial charge in [-0.25, -0.2) is 0 Å². The van der Waals surface area contributed by atoms with Gasteiger partial charge in [-0.1, -0.05) is 30.3 Å². The third-order valence-corrected chi connectivity index (χ3v) is 4.74. The van der Waals surface area contributed by atoms with Crippen molar-refractivity contribution in [2.24, 2.45) is 0 Å². The molecular weight excluding hydrogens is 270 g/mol. The molecule has 1 aliphatic carbocycles. The molecule has 2 aromatic rings. The van der Waals surface area contributed by atoms with Gasteiger partial charge < -0.3 is 9.64 Å². The predicted octanol–water partition coefficient (Wildman–Crippen LogP) is 4.66. The summed E-state index contributed by atoms with van der Waals surface area (Å²) in [5.41, 5.74) is 5.55. The summed E-state index contributed by atoms with van der Waals surface area (Å²) in [4.78, 5) is 2.42. The molecule has 0 aromatic heterocycles. The van der Waals surface area contributed by atoms with E-state index in [1.54, 1.807) is 0 Å². The highest BCUT2D eigenvalue weighted by atomic mass is 16.5. The maximum absolute atomic E-state index is 5.94. The summed E-state index contributed by atoms with van der Waals surface area (Å²) in [7, 11) is 0. The predicted molar refractivity (Wildman–Crippen MR) is 91.0 cm³/mol. The van der Waals surface area contributed by atoms with Crippen LogP contribution < -0.4 is 4.90 Å². The van der Waals surface area contributed by atoms with E-state index in [-0.39, 0.29) is 0 Å². The summed E-state index contributed by atoms with van der Waals surface area (Å²) in [6.07, 6.45) is 3.99. The number of para-hydroxylation sites is 1. The number of anilines is 2. The van der Waals surface area contributed by atoms with Crippen molar-refractivity contribution in [1.82, 2.24) is 0 Å². The Morgan fingerprint density at radius 2 is 1.86 bits per heavy atom. The van der Waals surface area contributed by atoms with Crippen LogP contribution in [0.4, 0.5) is 11.4 Å². The van der Waals surface area contributed by atoms with Crippen molar-refractivity contribution in [1.29, 1.82) is 0 Å². The van der Waals surface area contributed by atoms with Crippen LogP contribution in [0.25, 0.3) is 0 Å². The molecule has 4 rings (SSSR count). The van der Waals surface area contributed by atoms with Gasteiger partial charge in [0.2, 0.25) is 0 Å². The van der Waals surface area contributed by atoms with E-state index < -0.39 is 0 Å². The third kappa shape index (κ3) is 2.76. The van der Waals surface area contributed by atoms with E-state index in [2.05, 4.69) is 60.4 Å². The minimum absolute atomic E-state index is 0.295. The second kappa shape index (κ2) is 5.77. The largest absolute Gasteiger partial charge is 0.376 e. The molecule has 1 saturated carbocycles. The Morgan fingerprint density at radius 3 is 2.64 bits per heavy atom. The molecule has 22 heavy (non-hydrogen) atoms. The van der Waals surface area contributed by atoms with E-state index in [1.165, 1.54) is 35.3 Å². The molecule has 1 unspecified atom stereocenters. The molecule has 0 spiro atoms. The number of fused-ring (bicyclic) bond motifs is 1. The van der Waals surface area contributed by atoms with Crippen molar-refractivity contribution in [2.45, 2.75) is 38.2 Å². The van der Waals surface area contributed by atoms with Gasteiger partial charge in [0.1, 0.15) is 0 Å². The Hall–Kier alpha value is -1.80. The second-order valence-corrected chi connectivity index (χ2v) is 6.54. The van der Waals surface area contributed by atoms with Gasteiger partial charge in [-0.15, -0.1) is 0 Å². The lowest BCUT2D eigenvalue weighted by atomic mass is 9.99. The van der Waals surface area contributed by atoms with Crippen LogP contribution in [-0.2, 0) is 11.2 Å². The van der Waals surface area contributed by atoms with E-state index >= 15 is 0 Å². The monoisotopic (exact) mass is 293 g/mol. The molecule has 1 atom stereocenters. The quantitative estimate of drug-likeness (QED) is 0.798. The molecule has 0 radical (unpaired) electrons. The topological polar surface area (TPSA) is 12.5 Å². The van der Waals surface area contributed by atoms with Crippen LogP contribution in [0, 0.1) is 0 Å². The van der Waals surface area contributed by atoms with E-state index in [1.807, 2.05) is 0 Å². The van der Waals surface area contributed by atoms with Crippen LogP contribution in [0.15, 0.2) is 48.5 Å². The Kier molecular flexibility index (Phi) is 3.63. The Bertz CT molecular complexity index is 648. The molecule has 2 heteroatoms. The van der Waals surface area contributed by atoms with Gasteiger partial charge >= 0.3 is 0 Å². The van der Waals surface area contributed by atoms with Crippen molar-refractivity contribution in [3.05, 3.63) is 59.7 Å².